The molecule has 26 heteroatoms. The Morgan fingerprint density at radius 2 is 0.923 bits per heavy atom. The summed E-state index contributed by atoms with van der Waals surface area (Å²) in [6.45, 7) is 10.9. The molecule has 0 aromatic carbocycles. The maximum absolute atomic E-state index is 10.7. The van der Waals surface area contributed by atoms with Crippen molar-refractivity contribution < 1.29 is 87.4 Å². The molecule has 0 unspecified atom stereocenters. The van der Waals surface area contributed by atoms with E-state index in [4.69, 9.17) is 13.0 Å². The number of hydrogen-bond donors (Lipinski definition) is 0. The fourth-order valence-corrected chi connectivity index (χ4v) is 4.87. The normalized spacial score (nSPS) is 12.3. The summed E-state index contributed by atoms with van der Waals surface area (Å²) in [7, 11) is 2.58. The summed E-state index contributed by atoms with van der Waals surface area (Å²) in [5.41, 5.74) is 0.574. The standard InChI is InChI=1S/2C11H7N5.2C8H15N2.CHF3O3S.Ag.2Au.BrH.ClH/c2*1-2-8(10-4-6-12-15-10)14-9(3-1)11-5-7-13-16-11;2*1-3-4-5-10-7-6-9(2)8-10;2-1(3,4)8(5,6)7;;;;;/h2*1-7H;2*6-8H,3-5H2,1-2H3;(H,5,6,7);;;;2*1H/q2*-2;2*-1;;2*+1;+3;;/p-3. The van der Waals surface area contributed by atoms with Crippen LogP contribution in [0.3, 0.4) is 0 Å². The van der Waals surface area contributed by atoms with Crippen LogP contribution in [0.25, 0.3) is 45.6 Å². The largest absolute Gasteiger partial charge is 0.574 e. The molecule has 2 aliphatic rings. The first kappa shape index (κ1) is 59.5. The molecule has 8 rings (SSSR count). The van der Waals surface area contributed by atoms with Crippen molar-refractivity contribution in [1.29, 1.82) is 0 Å². The predicted octanol–water partition coefficient (Wildman–Crippen LogP) is 7.07. The quantitative estimate of drug-likeness (QED) is 0.0582. The van der Waals surface area contributed by atoms with Gasteiger partial charge in [-0.05, 0) is 89.1 Å². The predicted molar refractivity (Wildman–Crippen MR) is 231 cm³/mol. The average Bonchev–Trinajstić information content (AvgIpc) is 4.16. The molecule has 0 saturated carbocycles. The summed E-state index contributed by atoms with van der Waals surface area (Å²) in [6.07, 6.45) is 20.0. The SMILES string of the molecule is CCCCN1C=CN(C)[CH-]1.CCCCN1C=CN(C)[CH-]1.O=S(=O)([O-])C(F)(F)F.[Au+3].[Br][Ag].[Cl][Au].c1cc(-c2ccn[n-]2)nc(-c2ccn[n-]2)c1.c1cc(-c2ccn[n-]2)nc(-c2ccn[n-]2)c1. The molecular weight excluding hydrogens is 1420 g/mol. The van der Waals surface area contributed by atoms with Gasteiger partial charge in [0.25, 0.3) is 0 Å². The third kappa shape index (κ3) is 22.7. The third-order valence-electron chi connectivity index (χ3n) is 7.88. The van der Waals surface area contributed by atoms with Gasteiger partial charge >= 0.3 is 89.0 Å². The van der Waals surface area contributed by atoms with Crippen LogP contribution in [-0.4, -0.2) is 95.6 Å². The fraction of sp³-hybridized carbons (Fsp3) is 0.282. The monoisotopic (exact) mass is 1460 g/mol. The molecule has 0 saturated heterocycles. The van der Waals surface area contributed by atoms with Crippen molar-refractivity contribution in [3.8, 4) is 45.6 Å². The zero-order valence-corrected chi connectivity index (χ0v) is 44.0. The number of nitrogens with zero attached hydrogens (tertiary/aromatic N) is 14. The van der Waals surface area contributed by atoms with E-state index in [0.717, 1.165) is 58.6 Å². The van der Waals surface area contributed by atoms with Crippen molar-refractivity contribution in [2.75, 3.05) is 27.2 Å². The molecule has 6 aromatic heterocycles. The van der Waals surface area contributed by atoms with Crippen molar-refractivity contribution in [2.24, 2.45) is 0 Å². The molecule has 0 radical (unpaired) electrons. The molecule has 0 N–H and O–H groups in total. The van der Waals surface area contributed by atoms with Crippen molar-refractivity contribution in [3.05, 3.63) is 124 Å². The zero-order chi connectivity index (χ0) is 47.4. The number of hydrogen-bond acceptors (Lipinski definition) is 13. The Kier molecular flexibility index (Phi) is 30.3. The average molecular weight is 1460 g/mol. The van der Waals surface area contributed by atoms with Gasteiger partial charge in [0.05, 0.1) is 22.8 Å². The second-order valence-electron chi connectivity index (χ2n) is 12.7. The van der Waals surface area contributed by atoms with Gasteiger partial charge in [0, 0.05) is 24.8 Å². The molecule has 0 spiro atoms. The number of rotatable bonds is 10. The van der Waals surface area contributed by atoms with Crippen molar-refractivity contribution in [1.82, 2.24) is 70.4 Å². The summed E-state index contributed by atoms with van der Waals surface area (Å²) in [6, 6.07) is 18.7. The smallest absolute Gasteiger partial charge is 0.0500 e. The van der Waals surface area contributed by atoms with Crippen LogP contribution in [-0.2, 0) is 71.4 Å². The number of unbranched alkanes of at least 4 members (excludes halogenated alkanes) is 2. The van der Waals surface area contributed by atoms with Gasteiger partial charge in [-0.15, -0.1) is 0 Å². The molecular formula is C39H44AgAu2BrClF3N14O3S-4. The van der Waals surface area contributed by atoms with Gasteiger partial charge in [0.15, 0.2) is 10.1 Å². The number of aromatic nitrogens is 10. The van der Waals surface area contributed by atoms with Crippen LogP contribution in [0.15, 0.2) is 110 Å². The van der Waals surface area contributed by atoms with Crippen LogP contribution in [0.2, 0.25) is 0 Å². The molecule has 8 heterocycles. The minimum Gasteiger partial charge on any atom is -0.574 e. The van der Waals surface area contributed by atoms with Crippen LogP contribution >= 0.6 is 22.2 Å². The summed E-state index contributed by atoms with van der Waals surface area (Å²) < 4.78 is 58.9. The van der Waals surface area contributed by atoms with E-state index in [0.29, 0.717) is 0 Å². The number of halogens is 5. The van der Waals surface area contributed by atoms with E-state index in [2.05, 4.69) is 163 Å². The van der Waals surface area contributed by atoms with Crippen molar-refractivity contribution >= 4 is 32.3 Å². The van der Waals surface area contributed by atoms with E-state index >= 15 is 0 Å². The van der Waals surface area contributed by atoms with E-state index in [-0.39, 0.29) is 22.4 Å². The maximum atomic E-state index is 10.7. The summed E-state index contributed by atoms with van der Waals surface area (Å²) in [5, 5.41) is 30.9. The molecule has 0 fully saturated rings. The fourth-order valence-electron chi connectivity index (χ4n) is 4.87. The third-order valence-corrected chi connectivity index (χ3v) is 8.44. The van der Waals surface area contributed by atoms with Gasteiger partial charge < -0.3 is 64.9 Å². The van der Waals surface area contributed by atoms with E-state index in [1.807, 2.05) is 74.8 Å². The Hall–Kier alpha value is -3.49. The topological polar surface area (TPSA) is 204 Å². The van der Waals surface area contributed by atoms with Gasteiger partial charge in [0.2, 0.25) is 0 Å². The second kappa shape index (κ2) is 33.1. The van der Waals surface area contributed by atoms with Crippen LogP contribution in [0.1, 0.15) is 39.5 Å². The van der Waals surface area contributed by atoms with Gasteiger partial charge in [-0.1, -0.05) is 85.9 Å². The summed E-state index contributed by atoms with van der Waals surface area (Å²) in [5.74, 6) is 0. The molecule has 0 bridgehead atoms. The van der Waals surface area contributed by atoms with Crippen LogP contribution in [0, 0.1) is 13.3 Å². The van der Waals surface area contributed by atoms with E-state index in [1.165, 1.54) is 25.7 Å². The summed E-state index contributed by atoms with van der Waals surface area (Å²) >= 11 is 7.26. The van der Waals surface area contributed by atoms with E-state index in [1.54, 1.807) is 44.8 Å². The zero-order valence-electron chi connectivity index (χ0n) is 35.0. The van der Waals surface area contributed by atoms with E-state index in [9.17, 15) is 13.2 Å². The second-order valence-corrected chi connectivity index (χ2v) is 14.1. The molecule has 2 aliphatic heterocycles. The maximum Gasteiger partial charge on any atom is 0.0500 e. The molecule has 0 amide bonds. The minimum atomic E-state index is -6.09. The van der Waals surface area contributed by atoms with Gasteiger partial charge in [-0.3, -0.25) is 9.97 Å². The first-order valence-electron chi connectivity index (χ1n) is 18.8. The first-order valence-corrected chi connectivity index (χ1v) is 26.3. The van der Waals surface area contributed by atoms with Gasteiger partial charge in [0.1, 0.15) is 0 Å². The molecule has 366 valence electrons. The Morgan fingerprint density at radius 3 is 1.11 bits per heavy atom. The van der Waals surface area contributed by atoms with Gasteiger partial charge in [-0.2, -0.15) is 26.5 Å². The minimum absolute atomic E-state index is 0. The molecule has 65 heavy (non-hydrogen) atoms. The van der Waals surface area contributed by atoms with Crippen LogP contribution < -0.4 is 20.4 Å². The molecule has 0 atom stereocenters. The van der Waals surface area contributed by atoms with Crippen molar-refractivity contribution in [3.63, 3.8) is 0 Å². The first-order chi connectivity index (χ1) is 30.8. The molecule has 17 nitrogen and oxygen atoms in total. The summed E-state index contributed by atoms with van der Waals surface area (Å²) in [4.78, 5) is 17.5. The number of pyridine rings is 2. The Labute approximate surface area is 427 Å². The molecule has 6 aromatic rings. The van der Waals surface area contributed by atoms with E-state index < -0.39 is 15.6 Å². The van der Waals surface area contributed by atoms with Crippen molar-refractivity contribution in [2.45, 2.75) is 45.0 Å². The molecule has 0 aliphatic carbocycles. The Morgan fingerprint density at radius 1 is 0.646 bits per heavy atom. The Bertz CT molecular complexity index is 2030. The number of alkyl halides is 3. The van der Waals surface area contributed by atoms with Crippen LogP contribution in [0.5, 0.6) is 0 Å². The van der Waals surface area contributed by atoms with Crippen LogP contribution in [0.4, 0.5) is 13.2 Å². The van der Waals surface area contributed by atoms with Gasteiger partial charge in [-0.25, -0.2) is 8.42 Å². The Balaban J connectivity index is 0.000000407.